The molecule has 1 N–H and O–H groups in total. The third-order valence-electron chi connectivity index (χ3n) is 7.86. The maximum absolute atomic E-state index is 13.7. The van der Waals surface area contributed by atoms with E-state index < -0.39 is 24.5 Å². The number of halogens is 2. The van der Waals surface area contributed by atoms with Gasteiger partial charge in [-0.15, -0.1) is 0 Å². The van der Waals surface area contributed by atoms with Crippen LogP contribution in [0.15, 0.2) is 36.4 Å². The van der Waals surface area contributed by atoms with Gasteiger partial charge in [-0.05, 0) is 57.6 Å². The molecule has 2 aromatic heterocycles. The van der Waals surface area contributed by atoms with E-state index in [4.69, 9.17) is 0 Å². The lowest BCUT2D eigenvalue weighted by Gasteiger charge is -2.36. The summed E-state index contributed by atoms with van der Waals surface area (Å²) < 4.78 is 29.0. The smallest absolute Gasteiger partial charge is 0.333 e. The number of aromatic nitrogens is 5. The lowest BCUT2D eigenvalue weighted by Crippen LogP contribution is -2.53. The van der Waals surface area contributed by atoms with Crippen LogP contribution in [0.25, 0.3) is 0 Å². The number of carbonyl (C=O) groups excluding carboxylic acids is 3. The van der Waals surface area contributed by atoms with Gasteiger partial charge in [0, 0.05) is 31.7 Å². The first-order valence-corrected chi connectivity index (χ1v) is 14.4. The number of amides is 3. The van der Waals surface area contributed by atoms with E-state index in [-0.39, 0.29) is 49.3 Å². The zero-order valence-electron chi connectivity index (χ0n) is 23.9. The third kappa shape index (κ3) is 6.50. The highest BCUT2D eigenvalue weighted by Gasteiger charge is 2.34. The minimum Gasteiger partial charge on any atom is -0.344 e. The van der Waals surface area contributed by atoms with Crippen molar-refractivity contribution in [3.8, 4) is 0 Å². The van der Waals surface area contributed by atoms with Crippen molar-refractivity contribution in [1.29, 1.82) is 0 Å². The molecule has 0 spiro atoms. The van der Waals surface area contributed by atoms with Crippen molar-refractivity contribution in [1.82, 2.24) is 39.7 Å². The number of hydrogen-bond acceptors (Lipinski definition) is 6. The fourth-order valence-electron chi connectivity index (χ4n) is 5.77. The SMILES string of the molecule is Cc1nc2n(n1)CCN(C(=O)c1cc(C)n(C(F)F)n1)CCCC(=O)N1CCCC[C@H]1C(=O)N[C@@H]2Cc1ccccc1. The van der Waals surface area contributed by atoms with Gasteiger partial charge < -0.3 is 15.1 Å². The quantitative estimate of drug-likeness (QED) is 0.505. The Morgan fingerprint density at radius 2 is 1.81 bits per heavy atom. The first-order valence-electron chi connectivity index (χ1n) is 14.4. The molecule has 5 rings (SSSR count). The Labute approximate surface area is 242 Å². The Balaban J connectivity index is 1.49. The number of piperidine rings is 1. The number of carbonyl (C=O) groups is 3. The Morgan fingerprint density at radius 3 is 2.55 bits per heavy atom. The predicted molar refractivity (Wildman–Crippen MR) is 148 cm³/mol. The van der Waals surface area contributed by atoms with Crippen LogP contribution in [0.2, 0.25) is 0 Å². The van der Waals surface area contributed by atoms with Crippen molar-refractivity contribution in [2.24, 2.45) is 0 Å². The standard InChI is InChI=1S/C29H36F2N8O3/c1-19-17-23(35-39(19)29(30)31)28(42)36-13-8-12-25(40)37-14-7-6-11-24(37)27(41)33-22(18-21-9-4-3-5-10-21)26-32-20(2)34-38(26)16-15-36/h3-5,9-10,17,22,24,29H,6-8,11-16,18H2,1-2H3,(H,33,41)/t22-,24+/m1/s1. The minimum atomic E-state index is -2.86. The van der Waals surface area contributed by atoms with E-state index in [0.717, 1.165) is 18.4 Å². The lowest BCUT2D eigenvalue weighted by molar-refractivity contribution is -0.142. The van der Waals surface area contributed by atoms with E-state index in [1.54, 1.807) is 16.5 Å². The van der Waals surface area contributed by atoms with Gasteiger partial charge >= 0.3 is 6.55 Å². The Morgan fingerprint density at radius 1 is 1.02 bits per heavy atom. The highest BCUT2D eigenvalue weighted by Crippen LogP contribution is 2.23. The van der Waals surface area contributed by atoms with Crippen LogP contribution >= 0.6 is 0 Å². The molecule has 0 radical (unpaired) electrons. The van der Waals surface area contributed by atoms with Gasteiger partial charge in [-0.25, -0.2) is 14.3 Å². The molecular formula is C29H36F2N8O3. The number of aryl methyl sites for hydroxylation is 2. The number of benzene rings is 1. The first kappa shape index (κ1) is 29.3. The predicted octanol–water partition coefficient (Wildman–Crippen LogP) is 3.20. The summed E-state index contributed by atoms with van der Waals surface area (Å²) in [5.41, 5.74) is 1.09. The molecule has 1 saturated heterocycles. The Kier molecular flexibility index (Phi) is 8.93. The molecule has 224 valence electrons. The summed E-state index contributed by atoms with van der Waals surface area (Å²) in [6, 6.07) is 9.95. The van der Waals surface area contributed by atoms with Crippen molar-refractivity contribution in [3.63, 3.8) is 0 Å². The number of rotatable bonds is 4. The van der Waals surface area contributed by atoms with E-state index in [9.17, 15) is 23.2 Å². The summed E-state index contributed by atoms with van der Waals surface area (Å²) in [5.74, 6) is 0.201. The average molecular weight is 583 g/mol. The van der Waals surface area contributed by atoms with Crippen LogP contribution in [-0.4, -0.2) is 77.7 Å². The largest absolute Gasteiger partial charge is 0.344 e. The van der Waals surface area contributed by atoms with Crippen LogP contribution in [-0.2, 0) is 22.6 Å². The van der Waals surface area contributed by atoms with Gasteiger partial charge in [0.1, 0.15) is 17.7 Å². The van der Waals surface area contributed by atoms with Crippen molar-refractivity contribution in [2.45, 2.75) is 77.6 Å². The van der Waals surface area contributed by atoms with Gasteiger partial charge in [0.15, 0.2) is 5.69 Å². The molecule has 4 heterocycles. The van der Waals surface area contributed by atoms with E-state index in [2.05, 4.69) is 20.5 Å². The van der Waals surface area contributed by atoms with Gasteiger partial charge in [0.05, 0.1) is 12.6 Å². The topological polar surface area (TPSA) is 118 Å². The number of fused-ring (bicyclic) bond motifs is 2. The van der Waals surface area contributed by atoms with Crippen LogP contribution in [0.1, 0.15) is 78.1 Å². The summed E-state index contributed by atoms with van der Waals surface area (Å²) in [4.78, 5) is 48.4. The molecule has 11 nitrogen and oxygen atoms in total. The molecule has 3 amide bonds. The van der Waals surface area contributed by atoms with E-state index in [0.29, 0.717) is 42.1 Å². The second kappa shape index (κ2) is 12.8. The molecule has 0 aliphatic carbocycles. The third-order valence-corrected chi connectivity index (χ3v) is 7.86. The molecule has 2 aliphatic rings. The molecule has 13 heteroatoms. The van der Waals surface area contributed by atoms with Crippen LogP contribution in [0.5, 0.6) is 0 Å². The fourth-order valence-corrected chi connectivity index (χ4v) is 5.77. The van der Waals surface area contributed by atoms with Crippen molar-refractivity contribution < 1.29 is 23.2 Å². The molecule has 42 heavy (non-hydrogen) atoms. The van der Waals surface area contributed by atoms with Crippen LogP contribution in [0, 0.1) is 13.8 Å². The number of nitrogens with one attached hydrogen (secondary N) is 1. The van der Waals surface area contributed by atoms with E-state index in [1.807, 2.05) is 30.3 Å². The maximum Gasteiger partial charge on any atom is 0.333 e. The van der Waals surface area contributed by atoms with E-state index in [1.165, 1.54) is 17.9 Å². The van der Waals surface area contributed by atoms with Crippen LogP contribution in [0.4, 0.5) is 8.78 Å². The van der Waals surface area contributed by atoms with Crippen molar-refractivity contribution in [3.05, 3.63) is 65.0 Å². The highest BCUT2D eigenvalue weighted by atomic mass is 19.3. The second-order valence-corrected chi connectivity index (χ2v) is 10.9. The summed E-state index contributed by atoms with van der Waals surface area (Å²) in [6.07, 6.45) is 3.18. The molecule has 2 aliphatic heterocycles. The van der Waals surface area contributed by atoms with Gasteiger partial charge in [-0.2, -0.15) is 19.0 Å². The maximum atomic E-state index is 13.7. The fraction of sp³-hybridized carbons (Fsp3) is 0.517. The van der Waals surface area contributed by atoms with Gasteiger partial charge in [0.2, 0.25) is 11.8 Å². The zero-order chi connectivity index (χ0) is 29.8. The molecule has 3 aromatic rings. The minimum absolute atomic E-state index is 0.0828. The second-order valence-electron chi connectivity index (χ2n) is 10.9. The summed E-state index contributed by atoms with van der Waals surface area (Å²) in [6.45, 7) is 1.51. The van der Waals surface area contributed by atoms with Gasteiger partial charge in [-0.1, -0.05) is 30.3 Å². The van der Waals surface area contributed by atoms with E-state index >= 15 is 0 Å². The molecule has 0 unspecified atom stereocenters. The summed E-state index contributed by atoms with van der Waals surface area (Å²) in [7, 11) is 0. The Hall–Kier alpha value is -4.16. The van der Waals surface area contributed by atoms with Crippen LogP contribution < -0.4 is 5.32 Å². The number of hydrogen-bond donors (Lipinski definition) is 1. The molecule has 1 aromatic carbocycles. The molecule has 1 fully saturated rings. The summed E-state index contributed by atoms with van der Waals surface area (Å²) in [5, 5.41) is 11.6. The lowest BCUT2D eigenvalue weighted by atomic mass is 9.99. The summed E-state index contributed by atoms with van der Waals surface area (Å²) >= 11 is 0. The molecule has 0 saturated carbocycles. The number of nitrogens with zero attached hydrogens (tertiary/aromatic N) is 7. The van der Waals surface area contributed by atoms with Crippen molar-refractivity contribution >= 4 is 17.7 Å². The van der Waals surface area contributed by atoms with Crippen molar-refractivity contribution in [2.75, 3.05) is 19.6 Å². The highest BCUT2D eigenvalue weighted by molar-refractivity contribution is 5.92. The monoisotopic (exact) mass is 582 g/mol. The molecule has 0 bridgehead atoms. The number of alkyl halides is 2. The van der Waals surface area contributed by atoms with Gasteiger partial charge in [0.25, 0.3) is 5.91 Å². The Bertz CT molecular complexity index is 1420. The normalized spacial score (nSPS) is 20.6. The van der Waals surface area contributed by atoms with Gasteiger partial charge in [-0.3, -0.25) is 14.4 Å². The molecular weight excluding hydrogens is 546 g/mol. The van der Waals surface area contributed by atoms with Crippen LogP contribution in [0.3, 0.4) is 0 Å². The molecule has 2 atom stereocenters. The zero-order valence-corrected chi connectivity index (χ0v) is 23.9. The first-order chi connectivity index (χ1) is 20.2. The average Bonchev–Trinajstić information content (AvgIpc) is 3.56.